The summed E-state index contributed by atoms with van der Waals surface area (Å²) >= 11 is 0. The van der Waals surface area contributed by atoms with Crippen molar-refractivity contribution in [2.24, 2.45) is 5.92 Å². The van der Waals surface area contributed by atoms with Crippen LogP contribution in [-0.2, 0) is 20.7 Å². The van der Waals surface area contributed by atoms with Crippen LogP contribution in [-0.4, -0.2) is 70.4 Å². The number of carbonyl (C=O) groups is 2. The third-order valence-corrected chi connectivity index (χ3v) is 5.10. The third-order valence-electron chi connectivity index (χ3n) is 5.10. The zero-order chi connectivity index (χ0) is 21.9. The number of nitrogens with zero attached hydrogens (tertiary/aromatic N) is 5. The van der Waals surface area contributed by atoms with E-state index in [0.29, 0.717) is 42.6 Å². The quantitative estimate of drug-likeness (QED) is 0.185. The van der Waals surface area contributed by atoms with Crippen molar-refractivity contribution in [3.05, 3.63) is 5.82 Å². The Morgan fingerprint density at radius 3 is 2.80 bits per heavy atom. The maximum Gasteiger partial charge on any atom is 0.246 e. The van der Waals surface area contributed by atoms with Crippen molar-refractivity contribution in [2.75, 3.05) is 37.1 Å². The second-order valence-electron chi connectivity index (χ2n) is 7.36. The van der Waals surface area contributed by atoms with Crippen molar-refractivity contribution in [1.82, 2.24) is 25.4 Å². The molecule has 0 saturated carbocycles. The number of hydrazine groups is 1. The molecule has 168 valence electrons. The smallest absolute Gasteiger partial charge is 0.246 e. The van der Waals surface area contributed by atoms with Crippen LogP contribution in [0.2, 0.25) is 0 Å². The second kappa shape index (κ2) is 12.2. The van der Waals surface area contributed by atoms with Gasteiger partial charge in [-0.1, -0.05) is 33.1 Å². The normalized spacial score (nSPS) is 16.9. The molecule has 1 aliphatic heterocycles. The van der Waals surface area contributed by atoms with Gasteiger partial charge in [0.05, 0.1) is 18.6 Å². The molecular weight excluding hydrogens is 390 g/mol. The van der Waals surface area contributed by atoms with E-state index in [1.165, 1.54) is 0 Å². The Morgan fingerprint density at radius 2 is 2.17 bits per heavy atom. The summed E-state index contributed by atoms with van der Waals surface area (Å²) < 4.78 is 5.40. The molecule has 1 saturated heterocycles. The number of hydrogen-bond acceptors (Lipinski definition) is 9. The number of hydrogen-bond donors (Lipinski definition) is 3. The van der Waals surface area contributed by atoms with Crippen molar-refractivity contribution >= 4 is 24.2 Å². The van der Waals surface area contributed by atoms with Crippen LogP contribution in [0.4, 0.5) is 11.9 Å². The van der Waals surface area contributed by atoms with E-state index in [9.17, 15) is 14.8 Å². The Kier molecular flexibility index (Phi) is 9.68. The first-order valence-corrected chi connectivity index (χ1v) is 10.5. The molecule has 11 nitrogen and oxygen atoms in total. The summed E-state index contributed by atoms with van der Waals surface area (Å²) in [5.74, 6) is 0.509. The van der Waals surface area contributed by atoms with Gasteiger partial charge in [-0.05, 0) is 12.8 Å². The van der Waals surface area contributed by atoms with Crippen LogP contribution < -0.4 is 15.8 Å². The summed E-state index contributed by atoms with van der Waals surface area (Å²) in [5.41, 5.74) is 5.37. The Morgan fingerprint density at radius 1 is 1.37 bits per heavy atom. The number of nitrogens with one attached hydrogen (secondary N) is 2. The predicted octanol–water partition coefficient (Wildman–Crippen LogP) is 1.15. The lowest BCUT2D eigenvalue weighted by atomic mass is 10.0. The molecule has 11 heteroatoms. The average molecular weight is 424 g/mol. The summed E-state index contributed by atoms with van der Waals surface area (Å²) in [6, 6.07) is 0. The number of ether oxygens (including phenoxy) is 1. The monoisotopic (exact) mass is 423 g/mol. The predicted molar refractivity (Wildman–Crippen MR) is 111 cm³/mol. The van der Waals surface area contributed by atoms with Gasteiger partial charge in [0.15, 0.2) is 0 Å². The van der Waals surface area contributed by atoms with E-state index >= 15 is 0 Å². The Labute approximate surface area is 177 Å². The molecule has 2 unspecified atom stereocenters. The van der Waals surface area contributed by atoms with Gasteiger partial charge in [-0.3, -0.25) is 25.6 Å². The van der Waals surface area contributed by atoms with Crippen LogP contribution in [0.25, 0.3) is 0 Å². The van der Waals surface area contributed by atoms with Gasteiger partial charge in [-0.25, -0.2) is 5.06 Å². The number of aryl methyl sites for hydroxylation is 1. The lowest BCUT2D eigenvalue weighted by Crippen LogP contribution is -2.40. The molecule has 2 atom stereocenters. The minimum atomic E-state index is -0.549. The van der Waals surface area contributed by atoms with Crippen LogP contribution in [0.15, 0.2) is 0 Å². The van der Waals surface area contributed by atoms with E-state index in [4.69, 9.17) is 4.74 Å². The molecule has 2 heterocycles. The van der Waals surface area contributed by atoms with Crippen molar-refractivity contribution in [3.63, 3.8) is 0 Å². The van der Waals surface area contributed by atoms with Gasteiger partial charge in [0.1, 0.15) is 5.82 Å². The summed E-state index contributed by atoms with van der Waals surface area (Å²) in [5, 5.41) is 9.99. The molecule has 0 aromatic carbocycles. The summed E-state index contributed by atoms with van der Waals surface area (Å²) in [6.45, 7) is 5.43. The summed E-state index contributed by atoms with van der Waals surface area (Å²) in [7, 11) is 1.69. The first kappa shape index (κ1) is 23.7. The van der Waals surface area contributed by atoms with E-state index in [1.807, 2.05) is 11.8 Å². The molecule has 0 spiro atoms. The van der Waals surface area contributed by atoms with Gasteiger partial charge in [-0.15, -0.1) is 0 Å². The number of amides is 2. The first-order valence-electron chi connectivity index (χ1n) is 10.5. The van der Waals surface area contributed by atoms with Crippen molar-refractivity contribution < 1.29 is 19.5 Å². The number of hydroxylamine groups is 2. The van der Waals surface area contributed by atoms with Gasteiger partial charge in [-0.2, -0.15) is 15.0 Å². The zero-order valence-corrected chi connectivity index (χ0v) is 18.0. The molecule has 0 bridgehead atoms. The third kappa shape index (κ3) is 7.06. The second-order valence-corrected chi connectivity index (χ2v) is 7.36. The fraction of sp³-hybridized carbons (Fsp3) is 0.737. The van der Waals surface area contributed by atoms with E-state index in [2.05, 4.69) is 32.7 Å². The lowest BCUT2D eigenvalue weighted by Gasteiger charge is -2.20. The lowest BCUT2D eigenvalue weighted by molar-refractivity contribution is -0.154. The van der Waals surface area contributed by atoms with Crippen LogP contribution in [0.5, 0.6) is 0 Å². The topological polar surface area (TPSA) is 133 Å². The zero-order valence-electron chi connectivity index (χ0n) is 18.0. The Hall–Kier alpha value is -2.53. The summed E-state index contributed by atoms with van der Waals surface area (Å²) in [6.07, 6.45) is 5.33. The number of aromatic nitrogens is 3. The highest BCUT2D eigenvalue weighted by Gasteiger charge is 2.25. The summed E-state index contributed by atoms with van der Waals surface area (Å²) in [4.78, 5) is 38.6. The number of anilines is 2. The van der Waals surface area contributed by atoms with Gasteiger partial charge in [0.25, 0.3) is 0 Å². The SMILES string of the molecule is CCCCCC(CN(O)C=O)C(=O)NNc1nc(CC)nc(N2CCC(OC)C2)n1. The molecule has 1 aromatic heterocycles. The van der Waals surface area contributed by atoms with Crippen molar-refractivity contribution in [3.8, 4) is 0 Å². The fourth-order valence-electron chi connectivity index (χ4n) is 3.30. The van der Waals surface area contributed by atoms with E-state index in [0.717, 1.165) is 32.2 Å². The van der Waals surface area contributed by atoms with E-state index in [-0.39, 0.29) is 24.5 Å². The maximum absolute atomic E-state index is 12.6. The van der Waals surface area contributed by atoms with Crippen LogP contribution in [0.3, 0.4) is 0 Å². The molecule has 2 rings (SSSR count). The molecule has 2 amide bonds. The largest absolute Gasteiger partial charge is 0.380 e. The van der Waals surface area contributed by atoms with Gasteiger partial charge >= 0.3 is 0 Å². The molecule has 30 heavy (non-hydrogen) atoms. The number of rotatable bonds is 13. The standard InChI is InChI=1S/C19H33N7O4/c1-4-6-7-8-14(11-26(29)13-27)17(28)23-24-18-20-16(5-2)21-19(22-18)25-10-9-15(12-25)30-3/h13-15,29H,4-12H2,1-3H3,(H,23,28)(H,20,21,22,24). The molecular formula is C19H33N7O4. The number of methoxy groups -OCH3 is 1. The van der Waals surface area contributed by atoms with Crippen LogP contribution in [0.1, 0.15) is 51.8 Å². The number of carbonyl (C=O) groups excluding carboxylic acids is 2. The van der Waals surface area contributed by atoms with Gasteiger partial charge < -0.3 is 9.64 Å². The highest BCUT2D eigenvalue weighted by Crippen LogP contribution is 2.19. The highest BCUT2D eigenvalue weighted by atomic mass is 16.5. The minimum Gasteiger partial charge on any atom is -0.380 e. The average Bonchev–Trinajstić information content (AvgIpc) is 3.26. The highest BCUT2D eigenvalue weighted by molar-refractivity contribution is 5.80. The van der Waals surface area contributed by atoms with Crippen LogP contribution in [0, 0.1) is 5.92 Å². The molecule has 0 aliphatic carbocycles. The molecule has 1 aliphatic rings. The van der Waals surface area contributed by atoms with E-state index < -0.39 is 5.92 Å². The number of unbranched alkanes of at least 4 members (excludes halogenated alkanes) is 2. The molecule has 1 aromatic rings. The van der Waals surface area contributed by atoms with Crippen molar-refractivity contribution in [1.29, 1.82) is 0 Å². The molecule has 3 N–H and O–H groups in total. The van der Waals surface area contributed by atoms with Gasteiger partial charge in [0.2, 0.25) is 24.2 Å². The Bertz CT molecular complexity index is 691. The van der Waals surface area contributed by atoms with Gasteiger partial charge in [0, 0.05) is 26.6 Å². The molecule has 1 fully saturated rings. The van der Waals surface area contributed by atoms with E-state index in [1.54, 1.807) is 7.11 Å². The maximum atomic E-state index is 12.6. The van der Waals surface area contributed by atoms with Crippen molar-refractivity contribution in [2.45, 2.75) is 58.5 Å². The first-order chi connectivity index (χ1) is 14.5. The molecule has 0 radical (unpaired) electrons. The Balaban J connectivity index is 2.03. The van der Waals surface area contributed by atoms with Crippen LogP contribution >= 0.6 is 0 Å². The fourth-order valence-corrected chi connectivity index (χ4v) is 3.30. The minimum absolute atomic E-state index is 0.0738.